The van der Waals surface area contributed by atoms with Crippen LogP contribution < -0.4 is 0 Å². The summed E-state index contributed by atoms with van der Waals surface area (Å²) in [6, 6.07) is 0. The molecular weight excluding hydrogens is 542 g/mol. The molecule has 3 nitrogen and oxygen atoms in total. The van der Waals surface area contributed by atoms with Gasteiger partial charge in [0.15, 0.2) is 0 Å². The molecule has 19 heteroatoms. The van der Waals surface area contributed by atoms with Gasteiger partial charge in [0.2, 0.25) is 0 Å². The van der Waals surface area contributed by atoms with E-state index in [0.29, 0.717) is 0 Å². The monoisotopic (exact) mass is 561 g/mol. The Morgan fingerprint density at radius 3 is 1.40 bits per heavy atom. The quantitative estimate of drug-likeness (QED) is 0.272. The molecule has 0 aliphatic rings. The molecule has 0 saturated carbocycles. The van der Waals surface area contributed by atoms with Crippen LogP contribution in [-0.4, -0.2) is 96.8 Å². The van der Waals surface area contributed by atoms with Crippen molar-refractivity contribution in [3.63, 3.8) is 0 Å². The van der Waals surface area contributed by atoms with Gasteiger partial charge in [-0.3, -0.25) is 0 Å². The molecule has 0 bridgehead atoms. The molecule has 0 saturated heterocycles. The zero-order valence-electron chi connectivity index (χ0n) is 17.5. The smallest absolute Gasteiger partial charge is 0.384 e. The molecule has 1 N–H and O–H groups in total. The number of aliphatic hydroxyl groups excluding tert-OH is 1. The summed E-state index contributed by atoms with van der Waals surface area (Å²) in [6.45, 7) is -0.952. The van der Waals surface area contributed by atoms with E-state index in [1.165, 1.54) is 4.90 Å². The molecule has 0 fully saturated rings. The minimum atomic E-state index is -8.43. The Morgan fingerprint density at radius 1 is 0.657 bits per heavy atom. The fourth-order valence-corrected chi connectivity index (χ4v) is 2.41. The molecule has 35 heavy (non-hydrogen) atoms. The predicted octanol–water partition coefficient (Wildman–Crippen LogP) is 5.42. The first kappa shape index (κ1) is 33.8. The van der Waals surface area contributed by atoms with Crippen LogP contribution in [0.5, 0.6) is 0 Å². The zero-order chi connectivity index (χ0) is 28.5. The van der Waals surface area contributed by atoms with E-state index in [-0.39, 0.29) is 19.6 Å². The summed E-state index contributed by atoms with van der Waals surface area (Å²) in [5.74, 6) is -54.9. The number of halogens is 16. The Kier molecular flexibility index (Phi) is 10.3. The number of ether oxygens (including phenoxy) is 1. The van der Waals surface area contributed by atoms with Crippen molar-refractivity contribution in [2.45, 2.75) is 67.8 Å². The molecule has 0 amide bonds. The highest BCUT2D eigenvalue weighted by Gasteiger charge is 2.93. The van der Waals surface area contributed by atoms with E-state index >= 15 is 0 Å². The van der Waals surface area contributed by atoms with Crippen LogP contribution in [-0.2, 0) is 4.74 Å². The van der Waals surface area contributed by atoms with Crippen LogP contribution in [0.3, 0.4) is 0 Å². The number of rotatable bonds is 15. The molecule has 0 aromatic carbocycles. The highest BCUT2D eigenvalue weighted by molar-refractivity contribution is 5.14. The third-order valence-electron chi connectivity index (χ3n) is 4.69. The lowest BCUT2D eigenvalue weighted by Gasteiger charge is -2.42. The van der Waals surface area contributed by atoms with Crippen molar-refractivity contribution in [3.8, 4) is 0 Å². The van der Waals surface area contributed by atoms with Gasteiger partial charge in [0.1, 0.15) is 6.61 Å². The first-order chi connectivity index (χ1) is 15.3. The Bertz CT molecular complexity index is 680. The summed E-state index contributed by atoms with van der Waals surface area (Å²) in [7, 11) is 0. The number of hydrogen-bond donors (Lipinski definition) is 1. The average Bonchev–Trinajstić information content (AvgIpc) is 2.70. The molecule has 212 valence electrons. The van der Waals surface area contributed by atoms with Gasteiger partial charge in [0.05, 0.1) is 12.7 Å². The molecule has 0 heterocycles. The van der Waals surface area contributed by atoms with Crippen LogP contribution >= 0.6 is 0 Å². The number of aliphatic hydroxyl groups is 1. The van der Waals surface area contributed by atoms with Crippen molar-refractivity contribution in [1.82, 2.24) is 4.90 Å². The molecule has 0 radical (unpaired) electrons. The van der Waals surface area contributed by atoms with Crippen LogP contribution in [0.1, 0.15) is 13.8 Å². The van der Waals surface area contributed by atoms with Crippen LogP contribution in [0.25, 0.3) is 0 Å². The van der Waals surface area contributed by atoms with Gasteiger partial charge in [0.25, 0.3) is 0 Å². The second kappa shape index (κ2) is 10.6. The maximum absolute atomic E-state index is 13.6. The second-order valence-corrected chi connectivity index (χ2v) is 7.15. The zero-order valence-corrected chi connectivity index (χ0v) is 17.5. The van der Waals surface area contributed by atoms with Crippen molar-refractivity contribution in [1.29, 1.82) is 0 Å². The summed E-state index contributed by atoms with van der Waals surface area (Å²) >= 11 is 0. The lowest BCUT2D eigenvalue weighted by molar-refractivity contribution is -0.448. The van der Waals surface area contributed by atoms with Crippen LogP contribution in [0.4, 0.5) is 70.2 Å². The van der Waals surface area contributed by atoms with E-state index < -0.39 is 67.2 Å². The molecule has 0 aliphatic carbocycles. The minimum Gasteiger partial charge on any atom is -0.389 e. The van der Waals surface area contributed by atoms with E-state index in [0.717, 1.165) is 0 Å². The summed E-state index contributed by atoms with van der Waals surface area (Å²) in [5, 5.41) is 9.51. The van der Waals surface area contributed by atoms with Gasteiger partial charge < -0.3 is 14.7 Å². The largest absolute Gasteiger partial charge is 0.389 e. The number of alkyl halides is 16. The van der Waals surface area contributed by atoms with Crippen molar-refractivity contribution in [3.05, 3.63) is 0 Å². The highest BCUT2D eigenvalue weighted by Crippen LogP contribution is 2.62. The normalized spacial score (nSPS) is 16.4. The number of nitrogens with zero attached hydrogens (tertiary/aromatic N) is 1. The van der Waals surface area contributed by atoms with E-state index in [1.54, 1.807) is 13.8 Å². The Labute approximate surface area is 187 Å². The van der Waals surface area contributed by atoms with Crippen LogP contribution in [0.15, 0.2) is 0 Å². The van der Waals surface area contributed by atoms with E-state index in [2.05, 4.69) is 4.74 Å². The number of likely N-dealkylation sites (N-methyl/N-ethyl adjacent to an activating group) is 1. The fraction of sp³-hybridized carbons (Fsp3) is 1.00. The molecule has 0 spiro atoms. The third kappa shape index (κ3) is 5.70. The van der Waals surface area contributed by atoms with Gasteiger partial charge in [-0.1, -0.05) is 13.8 Å². The van der Waals surface area contributed by atoms with Gasteiger partial charge in [-0.25, -0.2) is 8.78 Å². The lowest BCUT2D eigenvalue weighted by atomic mass is 9.89. The minimum absolute atomic E-state index is 0.270. The van der Waals surface area contributed by atoms with E-state index in [1.807, 2.05) is 0 Å². The topological polar surface area (TPSA) is 32.7 Å². The van der Waals surface area contributed by atoms with Crippen molar-refractivity contribution >= 4 is 0 Å². The number of hydrogen-bond acceptors (Lipinski definition) is 3. The summed E-state index contributed by atoms with van der Waals surface area (Å²) in [5.41, 5.74) is 0. The van der Waals surface area contributed by atoms with Gasteiger partial charge in [-0.05, 0) is 13.1 Å². The maximum Gasteiger partial charge on any atom is 0.384 e. The molecule has 0 aromatic rings. The third-order valence-corrected chi connectivity index (χ3v) is 4.69. The van der Waals surface area contributed by atoms with E-state index in [4.69, 9.17) is 0 Å². The predicted molar refractivity (Wildman–Crippen MR) is 85.2 cm³/mol. The van der Waals surface area contributed by atoms with Crippen molar-refractivity contribution < 1.29 is 80.1 Å². The Morgan fingerprint density at radius 2 is 1.03 bits per heavy atom. The molecule has 0 aliphatic heterocycles. The average molecular weight is 561 g/mol. The second-order valence-electron chi connectivity index (χ2n) is 7.15. The standard InChI is InChI=1S/C16H19F16NO2/c1-3-33(4-2)5-8(34)6-35-7-10(19,20)12(23,24)14(27,28)16(31,32)15(29,30)13(25,26)11(21,22)9(17)18/h8-9,34H,3-7H2,1-2H3. The Hall–Kier alpha value is -1.24. The summed E-state index contributed by atoms with van der Waals surface area (Å²) in [6.07, 6.45) is -7.62. The summed E-state index contributed by atoms with van der Waals surface area (Å²) in [4.78, 5) is 1.42. The summed E-state index contributed by atoms with van der Waals surface area (Å²) < 4.78 is 215. The van der Waals surface area contributed by atoms with Gasteiger partial charge in [-0.15, -0.1) is 0 Å². The van der Waals surface area contributed by atoms with E-state index in [9.17, 15) is 75.4 Å². The highest BCUT2D eigenvalue weighted by atomic mass is 19.4. The molecule has 0 rings (SSSR count). The van der Waals surface area contributed by atoms with Crippen molar-refractivity contribution in [2.75, 3.05) is 32.8 Å². The van der Waals surface area contributed by atoms with Crippen molar-refractivity contribution in [2.24, 2.45) is 0 Å². The SMILES string of the molecule is CCN(CC)CC(O)COCC(F)(F)C(F)(F)C(F)(F)C(F)(F)C(F)(F)C(F)(F)C(F)(F)C(F)F. The first-order valence-corrected chi connectivity index (χ1v) is 9.24. The molecule has 1 atom stereocenters. The molecule has 1 unspecified atom stereocenters. The maximum atomic E-state index is 13.6. The van der Waals surface area contributed by atoms with Crippen LogP contribution in [0.2, 0.25) is 0 Å². The molecule has 0 aromatic heterocycles. The van der Waals surface area contributed by atoms with Gasteiger partial charge >= 0.3 is 47.9 Å². The molecular formula is C16H19F16NO2. The lowest BCUT2D eigenvalue weighted by Crippen LogP contribution is -2.74. The van der Waals surface area contributed by atoms with Gasteiger partial charge in [0, 0.05) is 6.54 Å². The fourth-order valence-electron chi connectivity index (χ4n) is 2.41. The first-order valence-electron chi connectivity index (χ1n) is 9.24. The van der Waals surface area contributed by atoms with Crippen LogP contribution in [0, 0.1) is 0 Å². The van der Waals surface area contributed by atoms with Gasteiger partial charge in [-0.2, -0.15) is 61.5 Å². The Balaban J connectivity index is 5.98.